The van der Waals surface area contributed by atoms with E-state index in [0.717, 1.165) is 11.8 Å². The van der Waals surface area contributed by atoms with Gasteiger partial charge in [-0.15, -0.1) is 0 Å². The van der Waals surface area contributed by atoms with Gasteiger partial charge in [-0.3, -0.25) is 9.59 Å². The average molecular weight is 335 g/mol. The molecule has 3 nitrogen and oxygen atoms in total. The molecule has 0 radical (unpaired) electrons. The van der Waals surface area contributed by atoms with E-state index >= 15 is 0 Å². The Balaban J connectivity index is 2.05. The van der Waals surface area contributed by atoms with E-state index in [-0.39, 0.29) is 39.4 Å². The highest BCUT2D eigenvalue weighted by Gasteiger charge is 2.32. The first-order valence-corrected chi connectivity index (χ1v) is 7.77. The van der Waals surface area contributed by atoms with Gasteiger partial charge in [0.05, 0.1) is 0 Å². The van der Waals surface area contributed by atoms with Crippen LogP contribution < -0.4 is 4.90 Å². The van der Waals surface area contributed by atoms with Crippen LogP contribution in [0.1, 0.15) is 13.3 Å². The molecule has 2 rings (SSSR count). The molecule has 0 spiro atoms. The molecular formula is C13H12F3NO2S2. The lowest BCUT2D eigenvalue weighted by molar-refractivity contribution is -0.117. The highest BCUT2D eigenvalue weighted by molar-refractivity contribution is 8.14. The third kappa shape index (κ3) is 4.67. The summed E-state index contributed by atoms with van der Waals surface area (Å²) in [5.41, 5.74) is -3.77. The second kappa shape index (κ2) is 6.31. The van der Waals surface area contributed by atoms with E-state index in [2.05, 4.69) is 0 Å². The van der Waals surface area contributed by atoms with Gasteiger partial charge in [-0.05, 0) is 36.0 Å². The summed E-state index contributed by atoms with van der Waals surface area (Å²) in [6.07, 6.45) is 0.267. The molecule has 1 amide bonds. The Morgan fingerprint density at radius 1 is 1.29 bits per heavy atom. The number of carbonyl (C=O) groups is 2. The molecule has 1 aromatic rings. The van der Waals surface area contributed by atoms with Crippen molar-refractivity contribution in [1.82, 2.24) is 0 Å². The molecule has 0 aliphatic carbocycles. The normalized spacial score (nSPS) is 19.1. The number of hydrogen-bond donors (Lipinski definition) is 0. The van der Waals surface area contributed by atoms with Crippen LogP contribution >= 0.6 is 23.5 Å². The first kappa shape index (κ1) is 16.2. The largest absolute Gasteiger partial charge is 0.446 e. The van der Waals surface area contributed by atoms with E-state index < -0.39 is 5.51 Å². The molecule has 21 heavy (non-hydrogen) atoms. The number of nitrogens with zero attached hydrogens (tertiary/aromatic N) is 1. The van der Waals surface area contributed by atoms with Crippen molar-refractivity contribution in [3.8, 4) is 0 Å². The van der Waals surface area contributed by atoms with Crippen LogP contribution in [0.25, 0.3) is 0 Å². The fraction of sp³-hybridized carbons (Fsp3) is 0.385. The van der Waals surface area contributed by atoms with Crippen LogP contribution in [0.15, 0.2) is 29.2 Å². The van der Waals surface area contributed by atoms with Crippen molar-refractivity contribution >= 4 is 40.2 Å². The van der Waals surface area contributed by atoms with Gasteiger partial charge < -0.3 is 4.90 Å². The standard InChI is InChI=1S/C13H12F3NO2S2/c1-8(18)20-11-6-12(19)17(7-11)9-2-4-10(5-3-9)21-13(14,15)16/h2-5,11H,6-7H2,1H3. The summed E-state index contributed by atoms with van der Waals surface area (Å²) in [5, 5.41) is -0.147. The predicted octanol–water partition coefficient (Wildman–Crippen LogP) is 3.68. The molecule has 1 atom stereocenters. The fourth-order valence-corrected chi connectivity index (χ4v) is 3.52. The highest BCUT2D eigenvalue weighted by atomic mass is 32.2. The Kier molecular flexibility index (Phi) is 4.88. The summed E-state index contributed by atoms with van der Waals surface area (Å²) >= 11 is 0.930. The minimum absolute atomic E-state index is 0.0495. The number of alkyl halides is 3. The summed E-state index contributed by atoms with van der Waals surface area (Å²) in [6, 6.07) is 5.66. The summed E-state index contributed by atoms with van der Waals surface area (Å²) in [4.78, 5) is 24.5. The van der Waals surface area contributed by atoms with E-state index in [1.165, 1.54) is 36.1 Å². The van der Waals surface area contributed by atoms with Gasteiger partial charge in [0.15, 0.2) is 5.12 Å². The molecule has 0 N–H and O–H groups in total. The zero-order valence-corrected chi connectivity index (χ0v) is 12.6. The first-order chi connectivity index (χ1) is 9.74. The van der Waals surface area contributed by atoms with Gasteiger partial charge in [-0.2, -0.15) is 13.2 Å². The van der Waals surface area contributed by atoms with E-state index in [1.54, 1.807) is 0 Å². The molecule has 0 aromatic heterocycles. The maximum absolute atomic E-state index is 12.2. The second-order valence-electron chi connectivity index (χ2n) is 4.48. The van der Waals surface area contributed by atoms with Crippen LogP contribution in [0.2, 0.25) is 0 Å². The van der Waals surface area contributed by atoms with E-state index in [4.69, 9.17) is 0 Å². The minimum atomic E-state index is -4.33. The van der Waals surface area contributed by atoms with Gasteiger partial charge in [0, 0.05) is 35.7 Å². The number of hydrogen-bond acceptors (Lipinski definition) is 4. The number of rotatable bonds is 3. The molecule has 1 saturated heterocycles. The minimum Gasteiger partial charge on any atom is -0.311 e. The Morgan fingerprint density at radius 3 is 2.43 bits per heavy atom. The molecule has 114 valence electrons. The Labute approximate surface area is 128 Å². The van der Waals surface area contributed by atoms with Crippen LogP contribution in [0.5, 0.6) is 0 Å². The van der Waals surface area contributed by atoms with Gasteiger partial charge in [0.25, 0.3) is 0 Å². The van der Waals surface area contributed by atoms with Gasteiger partial charge >= 0.3 is 5.51 Å². The third-order valence-corrected chi connectivity index (χ3v) is 4.52. The Morgan fingerprint density at radius 2 is 1.90 bits per heavy atom. The lowest BCUT2D eigenvalue weighted by Gasteiger charge is -2.17. The SMILES string of the molecule is CC(=O)SC1CC(=O)N(c2ccc(SC(F)(F)F)cc2)C1. The van der Waals surface area contributed by atoms with Crippen molar-refractivity contribution in [2.75, 3.05) is 11.4 Å². The van der Waals surface area contributed by atoms with Crippen molar-refractivity contribution in [3.05, 3.63) is 24.3 Å². The Hall–Kier alpha value is -1.15. The molecule has 1 unspecified atom stereocenters. The molecule has 8 heteroatoms. The quantitative estimate of drug-likeness (QED) is 0.790. The van der Waals surface area contributed by atoms with Crippen LogP contribution in [0, 0.1) is 0 Å². The number of anilines is 1. The van der Waals surface area contributed by atoms with E-state index in [0.29, 0.717) is 12.2 Å². The number of carbonyl (C=O) groups excluding carboxylic acids is 2. The maximum atomic E-state index is 12.2. The Bertz CT molecular complexity index is 545. The van der Waals surface area contributed by atoms with Gasteiger partial charge in [0.1, 0.15) is 0 Å². The summed E-state index contributed by atoms with van der Waals surface area (Å²) in [6.45, 7) is 1.84. The smallest absolute Gasteiger partial charge is 0.311 e. The van der Waals surface area contributed by atoms with Crippen molar-refractivity contribution in [3.63, 3.8) is 0 Å². The van der Waals surface area contributed by atoms with E-state index in [9.17, 15) is 22.8 Å². The lowest BCUT2D eigenvalue weighted by atomic mass is 10.3. The fourth-order valence-electron chi connectivity index (χ4n) is 2.07. The van der Waals surface area contributed by atoms with Crippen LogP contribution in [-0.2, 0) is 9.59 Å². The zero-order valence-electron chi connectivity index (χ0n) is 11.0. The van der Waals surface area contributed by atoms with Crippen LogP contribution in [0.3, 0.4) is 0 Å². The van der Waals surface area contributed by atoms with Crippen LogP contribution in [0.4, 0.5) is 18.9 Å². The molecule has 1 fully saturated rings. The predicted molar refractivity (Wildman–Crippen MR) is 77.4 cm³/mol. The van der Waals surface area contributed by atoms with E-state index in [1.807, 2.05) is 0 Å². The number of thioether (sulfide) groups is 2. The molecule has 1 aromatic carbocycles. The van der Waals surface area contributed by atoms with Crippen molar-refractivity contribution in [1.29, 1.82) is 0 Å². The molecule has 1 heterocycles. The topological polar surface area (TPSA) is 37.4 Å². The monoisotopic (exact) mass is 335 g/mol. The number of halogens is 3. The van der Waals surface area contributed by atoms with Crippen LogP contribution in [-0.4, -0.2) is 28.3 Å². The maximum Gasteiger partial charge on any atom is 0.446 e. The summed E-state index contributed by atoms with van der Waals surface area (Å²) < 4.78 is 36.7. The van der Waals surface area contributed by atoms with Gasteiger partial charge in [0.2, 0.25) is 5.91 Å². The molecule has 0 saturated carbocycles. The third-order valence-electron chi connectivity index (χ3n) is 2.80. The van der Waals surface area contributed by atoms with Crippen molar-refractivity contribution in [2.45, 2.75) is 29.0 Å². The molecular weight excluding hydrogens is 323 g/mol. The van der Waals surface area contributed by atoms with Gasteiger partial charge in [-0.1, -0.05) is 11.8 Å². The molecule has 0 bridgehead atoms. The second-order valence-corrected chi connectivity index (χ2v) is 7.10. The average Bonchev–Trinajstić information content (AvgIpc) is 2.68. The number of amides is 1. The van der Waals surface area contributed by atoms with Crippen molar-refractivity contribution in [2.24, 2.45) is 0 Å². The highest BCUT2D eigenvalue weighted by Crippen LogP contribution is 2.38. The summed E-state index contributed by atoms with van der Waals surface area (Å²) in [7, 11) is 0. The summed E-state index contributed by atoms with van der Waals surface area (Å²) in [5.74, 6) is -0.120. The van der Waals surface area contributed by atoms with Crippen molar-refractivity contribution < 1.29 is 22.8 Å². The number of benzene rings is 1. The zero-order chi connectivity index (χ0) is 15.6. The lowest BCUT2D eigenvalue weighted by Crippen LogP contribution is -2.24. The molecule has 1 aliphatic heterocycles. The van der Waals surface area contributed by atoms with Gasteiger partial charge in [-0.25, -0.2) is 0 Å². The molecule has 1 aliphatic rings. The first-order valence-electron chi connectivity index (χ1n) is 6.08.